The van der Waals surface area contributed by atoms with Crippen molar-refractivity contribution in [1.29, 1.82) is 0 Å². The highest BCUT2D eigenvalue weighted by Crippen LogP contribution is 2.64. The van der Waals surface area contributed by atoms with Gasteiger partial charge in [0.2, 0.25) is 0 Å². The summed E-state index contributed by atoms with van der Waals surface area (Å²) in [4.78, 5) is 0. The first-order valence-electron chi connectivity index (χ1n) is 7.09. The minimum Gasteiger partial charge on any atom is -0.423 e. The summed E-state index contributed by atoms with van der Waals surface area (Å²) in [7, 11) is -3.20. The van der Waals surface area contributed by atoms with Gasteiger partial charge in [-0.2, -0.15) is 0 Å². The zero-order valence-electron chi connectivity index (χ0n) is 11.8. The van der Waals surface area contributed by atoms with Gasteiger partial charge in [-0.3, -0.25) is 4.67 Å². The molecule has 0 amide bonds. The summed E-state index contributed by atoms with van der Waals surface area (Å²) in [6.45, 7) is 0. The lowest BCUT2D eigenvalue weighted by atomic mass is 10.2. The number of hydrogen-bond acceptors (Lipinski definition) is 2. The molecule has 0 fully saturated rings. The van der Waals surface area contributed by atoms with E-state index in [2.05, 4.69) is 0 Å². The molecule has 3 aromatic rings. The van der Waals surface area contributed by atoms with Gasteiger partial charge in [-0.25, -0.2) is 4.57 Å². The molecule has 1 aliphatic heterocycles. The fourth-order valence-corrected chi connectivity index (χ4v) is 4.94. The number of hydrogen-bond donors (Lipinski definition) is 0. The fourth-order valence-electron chi connectivity index (χ4n) is 2.67. The molecule has 0 radical (unpaired) electrons. The van der Waals surface area contributed by atoms with Crippen molar-refractivity contribution in [3.8, 4) is 5.75 Å². The molecule has 22 heavy (non-hydrogen) atoms. The van der Waals surface area contributed by atoms with Crippen LogP contribution in [0.15, 0.2) is 84.9 Å². The molecule has 0 N–H and O–H groups in total. The Bertz CT molecular complexity index is 849. The highest BCUT2D eigenvalue weighted by atomic mass is 31.2. The molecular weight excluding hydrogens is 293 g/mol. The van der Waals surface area contributed by atoms with E-state index >= 15 is 0 Å². The van der Waals surface area contributed by atoms with Crippen molar-refractivity contribution in [3.05, 3.63) is 84.9 Å². The summed E-state index contributed by atoms with van der Waals surface area (Å²) in [5.41, 5.74) is 1.69. The Labute approximate surface area is 129 Å². The maximum Gasteiger partial charge on any atom is 0.378 e. The predicted octanol–water partition coefficient (Wildman–Crippen LogP) is 4.74. The molecule has 3 aromatic carbocycles. The van der Waals surface area contributed by atoms with E-state index in [-0.39, 0.29) is 0 Å². The standard InChI is InChI=1S/C18H14NO2P/c20-22(16-11-5-2-6-12-16)19(15-9-3-1-4-10-15)17-13-7-8-14-18(17)21-22/h1-14H. The van der Waals surface area contributed by atoms with Gasteiger partial charge in [-0.05, 0) is 36.4 Å². The maximum atomic E-state index is 13.7. The third-order valence-electron chi connectivity index (χ3n) is 3.66. The topological polar surface area (TPSA) is 29.5 Å². The van der Waals surface area contributed by atoms with Gasteiger partial charge < -0.3 is 4.52 Å². The Balaban J connectivity index is 1.95. The lowest BCUT2D eigenvalue weighted by Gasteiger charge is -2.25. The largest absolute Gasteiger partial charge is 0.423 e. The molecule has 0 bridgehead atoms. The Morgan fingerprint density at radius 1 is 0.727 bits per heavy atom. The smallest absolute Gasteiger partial charge is 0.378 e. The van der Waals surface area contributed by atoms with E-state index < -0.39 is 7.52 Å². The normalized spacial score (nSPS) is 19.5. The van der Waals surface area contributed by atoms with Crippen LogP contribution in [0.25, 0.3) is 0 Å². The molecule has 0 spiro atoms. The highest BCUT2D eigenvalue weighted by Gasteiger charge is 2.44. The molecule has 1 unspecified atom stereocenters. The Morgan fingerprint density at radius 3 is 2.05 bits per heavy atom. The minimum absolute atomic E-state index is 0.651. The van der Waals surface area contributed by atoms with Crippen molar-refractivity contribution in [2.75, 3.05) is 4.67 Å². The number of rotatable bonds is 2. The Kier molecular flexibility index (Phi) is 3.02. The summed E-state index contributed by atoms with van der Waals surface area (Å²) in [5, 5.41) is 0.690. The van der Waals surface area contributed by atoms with Crippen LogP contribution < -0.4 is 14.5 Å². The van der Waals surface area contributed by atoms with Crippen LogP contribution in [0.3, 0.4) is 0 Å². The number of para-hydroxylation sites is 3. The molecule has 1 atom stereocenters. The van der Waals surface area contributed by atoms with Crippen molar-refractivity contribution >= 4 is 24.2 Å². The van der Waals surface area contributed by atoms with E-state index in [1.165, 1.54) is 0 Å². The van der Waals surface area contributed by atoms with Crippen molar-refractivity contribution in [2.45, 2.75) is 0 Å². The maximum absolute atomic E-state index is 13.7. The summed E-state index contributed by atoms with van der Waals surface area (Å²) in [5.74, 6) is 0.651. The van der Waals surface area contributed by atoms with Gasteiger partial charge in [-0.1, -0.05) is 48.5 Å². The van der Waals surface area contributed by atoms with Gasteiger partial charge in [-0.15, -0.1) is 0 Å². The summed E-state index contributed by atoms with van der Waals surface area (Å²) < 4.78 is 21.5. The first-order valence-corrected chi connectivity index (χ1v) is 8.67. The van der Waals surface area contributed by atoms with Crippen molar-refractivity contribution in [3.63, 3.8) is 0 Å². The van der Waals surface area contributed by atoms with Crippen molar-refractivity contribution < 1.29 is 9.09 Å². The second kappa shape index (κ2) is 5.04. The number of nitrogens with zero attached hydrogens (tertiary/aromatic N) is 1. The van der Waals surface area contributed by atoms with Crippen LogP contribution in [0.4, 0.5) is 11.4 Å². The lowest BCUT2D eigenvalue weighted by Crippen LogP contribution is -2.20. The third-order valence-corrected chi connectivity index (χ3v) is 6.03. The highest BCUT2D eigenvalue weighted by molar-refractivity contribution is 7.69. The van der Waals surface area contributed by atoms with Gasteiger partial charge >= 0.3 is 7.52 Å². The Hall–Kier alpha value is -2.51. The third kappa shape index (κ3) is 1.94. The average molecular weight is 307 g/mol. The predicted molar refractivity (Wildman–Crippen MR) is 89.3 cm³/mol. The lowest BCUT2D eigenvalue weighted by molar-refractivity contribution is 0.505. The SMILES string of the molecule is O=P1(c2ccccc2)Oc2ccccc2N1c1ccccc1. The first-order chi connectivity index (χ1) is 10.8. The summed E-state index contributed by atoms with van der Waals surface area (Å²) in [6, 6.07) is 26.7. The second-order valence-corrected chi connectivity index (χ2v) is 7.20. The molecule has 1 aliphatic rings. The molecule has 0 aromatic heterocycles. The van der Waals surface area contributed by atoms with Crippen LogP contribution in [0, 0.1) is 0 Å². The van der Waals surface area contributed by atoms with Gasteiger partial charge in [0.1, 0.15) is 0 Å². The molecule has 3 nitrogen and oxygen atoms in total. The van der Waals surface area contributed by atoms with Crippen LogP contribution in [-0.2, 0) is 4.57 Å². The van der Waals surface area contributed by atoms with Crippen LogP contribution in [0.2, 0.25) is 0 Å². The van der Waals surface area contributed by atoms with E-state index in [0.717, 1.165) is 11.4 Å². The molecule has 1 heterocycles. The fraction of sp³-hybridized carbons (Fsp3) is 0. The van der Waals surface area contributed by atoms with E-state index in [9.17, 15) is 4.57 Å². The second-order valence-electron chi connectivity index (χ2n) is 5.06. The summed E-state index contributed by atoms with van der Waals surface area (Å²) in [6.07, 6.45) is 0. The minimum atomic E-state index is -3.20. The molecule has 4 heteroatoms. The van der Waals surface area contributed by atoms with E-state index in [4.69, 9.17) is 4.52 Å². The van der Waals surface area contributed by atoms with Crippen molar-refractivity contribution in [1.82, 2.24) is 0 Å². The van der Waals surface area contributed by atoms with Gasteiger partial charge in [0, 0.05) is 0 Å². The van der Waals surface area contributed by atoms with Crippen LogP contribution in [-0.4, -0.2) is 0 Å². The van der Waals surface area contributed by atoms with Crippen LogP contribution in [0.1, 0.15) is 0 Å². The summed E-state index contributed by atoms with van der Waals surface area (Å²) >= 11 is 0. The van der Waals surface area contributed by atoms with Gasteiger partial charge in [0.25, 0.3) is 0 Å². The number of benzene rings is 3. The van der Waals surface area contributed by atoms with Crippen LogP contribution in [0.5, 0.6) is 5.75 Å². The van der Waals surface area contributed by atoms with E-state index in [1.54, 1.807) is 0 Å². The monoisotopic (exact) mass is 307 g/mol. The van der Waals surface area contributed by atoms with Gasteiger partial charge in [0.15, 0.2) is 5.75 Å². The molecule has 108 valence electrons. The van der Waals surface area contributed by atoms with Crippen molar-refractivity contribution in [2.24, 2.45) is 0 Å². The number of fused-ring (bicyclic) bond motifs is 1. The number of anilines is 2. The molecule has 0 saturated heterocycles. The zero-order valence-corrected chi connectivity index (χ0v) is 12.7. The molecular formula is C18H14NO2P. The van der Waals surface area contributed by atoms with Gasteiger partial charge in [0.05, 0.1) is 16.7 Å². The van der Waals surface area contributed by atoms with E-state index in [0.29, 0.717) is 11.1 Å². The average Bonchev–Trinajstić information content (AvgIpc) is 2.90. The molecule has 0 aliphatic carbocycles. The van der Waals surface area contributed by atoms with Crippen LogP contribution >= 0.6 is 7.52 Å². The van der Waals surface area contributed by atoms with E-state index in [1.807, 2.05) is 89.6 Å². The Morgan fingerprint density at radius 2 is 1.32 bits per heavy atom. The quantitative estimate of drug-likeness (QED) is 0.641. The zero-order chi connectivity index (χ0) is 15.0. The first kappa shape index (κ1) is 13.2. The molecule has 0 saturated carbocycles. The molecule has 4 rings (SSSR count).